The molecule has 0 fully saturated rings. The zero-order valence-electron chi connectivity index (χ0n) is 16.9. The molecule has 158 valence electrons. The van der Waals surface area contributed by atoms with Gasteiger partial charge in [0, 0.05) is 10.7 Å². The average Bonchev–Trinajstić information content (AvgIpc) is 2.73. The van der Waals surface area contributed by atoms with Gasteiger partial charge in [-0.2, -0.15) is 0 Å². The summed E-state index contributed by atoms with van der Waals surface area (Å²) in [5.41, 5.74) is 0.407. The topological polar surface area (TPSA) is 81.7 Å². The highest BCUT2D eigenvalue weighted by Gasteiger charge is 2.54. The third-order valence-corrected chi connectivity index (χ3v) is 5.45. The van der Waals surface area contributed by atoms with Crippen LogP contribution in [0.1, 0.15) is 37.3 Å². The fourth-order valence-electron chi connectivity index (χ4n) is 3.84. The monoisotopic (exact) mass is 429 g/mol. The van der Waals surface area contributed by atoms with Crippen LogP contribution in [0.25, 0.3) is 0 Å². The first-order valence-electron chi connectivity index (χ1n) is 9.90. The molecule has 0 saturated carbocycles. The minimum Gasteiger partial charge on any atom is -0.465 e. The lowest BCUT2D eigenvalue weighted by Crippen LogP contribution is -2.48. The molecule has 0 bridgehead atoms. The largest absolute Gasteiger partial charge is 0.465 e. The van der Waals surface area contributed by atoms with Crippen LogP contribution in [0.4, 0.5) is 5.69 Å². The first-order valence-corrected chi connectivity index (χ1v) is 10.3. The van der Waals surface area contributed by atoms with Crippen molar-refractivity contribution in [2.45, 2.75) is 32.6 Å². The molecule has 1 aliphatic rings. The summed E-state index contributed by atoms with van der Waals surface area (Å²) in [6.07, 6.45) is 0.0215. The Morgan fingerprint density at radius 3 is 2.27 bits per heavy atom. The van der Waals surface area contributed by atoms with Crippen molar-refractivity contribution in [2.75, 3.05) is 18.5 Å². The lowest BCUT2D eigenvalue weighted by atomic mass is 9.66. The van der Waals surface area contributed by atoms with Crippen molar-refractivity contribution in [3.63, 3.8) is 0 Å². The number of ether oxygens (including phenoxy) is 2. The van der Waals surface area contributed by atoms with E-state index in [0.717, 1.165) is 5.56 Å². The normalized spacial score (nSPS) is 16.8. The lowest BCUT2D eigenvalue weighted by Gasteiger charge is -2.37. The van der Waals surface area contributed by atoms with Gasteiger partial charge in [-0.25, -0.2) is 0 Å². The summed E-state index contributed by atoms with van der Waals surface area (Å²) in [5.74, 6) is -2.44. The predicted molar refractivity (Wildman–Crippen MR) is 113 cm³/mol. The number of nitrogens with one attached hydrogen (secondary N) is 1. The number of hydrogen-bond donors (Lipinski definition) is 1. The van der Waals surface area contributed by atoms with E-state index in [9.17, 15) is 14.4 Å². The molecule has 0 saturated heterocycles. The molecule has 2 aromatic rings. The first-order chi connectivity index (χ1) is 14.4. The molecular formula is C23H24ClNO5. The van der Waals surface area contributed by atoms with Gasteiger partial charge in [-0.1, -0.05) is 35.9 Å². The van der Waals surface area contributed by atoms with E-state index in [1.165, 1.54) is 0 Å². The van der Waals surface area contributed by atoms with Gasteiger partial charge in [0.05, 0.1) is 19.1 Å². The van der Waals surface area contributed by atoms with Gasteiger partial charge in [0.15, 0.2) is 5.41 Å². The molecule has 30 heavy (non-hydrogen) atoms. The van der Waals surface area contributed by atoms with Gasteiger partial charge in [-0.05, 0) is 62.1 Å². The molecule has 0 aliphatic heterocycles. The fourth-order valence-corrected chi connectivity index (χ4v) is 4.04. The number of esters is 2. The van der Waals surface area contributed by atoms with Crippen LogP contribution in [0, 0.1) is 5.41 Å². The summed E-state index contributed by atoms with van der Waals surface area (Å²) < 4.78 is 10.5. The van der Waals surface area contributed by atoms with E-state index >= 15 is 0 Å². The molecule has 0 aromatic heterocycles. The Morgan fingerprint density at radius 1 is 1.03 bits per heavy atom. The summed E-state index contributed by atoms with van der Waals surface area (Å²) in [6, 6.07) is 14.2. The Labute approximate surface area is 180 Å². The van der Waals surface area contributed by atoms with Gasteiger partial charge in [-0.3, -0.25) is 14.4 Å². The van der Waals surface area contributed by atoms with Crippen LogP contribution in [-0.4, -0.2) is 31.1 Å². The number of hydrogen-bond acceptors (Lipinski definition) is 5. The Bertz CT molecular complexity index is 926. The van der Waals surface area contributed by atoms with Gasteiger partial charge < -0.3 is 14.8 Å². The molecule has 0 heterocycles. The second kappa shape index (κ2) is 9.30. The number of fused-ring (bicyclic) bond motifs is 1. The quantitative estimate of drug-likeness (QED) is 0.551. The standard InChI is InChI=1S/C23H24ClNO5/c1-3-29-21(27)23(22(28)30-4-2)13-15-12-16(24)10-11-18(15)19(14-23)20(26)25-17-8-6-5-7-9-17/h5-12,19H,3-4,13-14H2,1-2H3,(H,25,26). The number of carbonyl (C=O) groups excluding carboxylic acids is 3. The number of para-hydroxylation sites is 1. The van der Waals surface area contributed by atoms with Crippen molar-refractivity contribution in [3.05, 3.63) is 64.7 Å². The molecule has 0 radical (unpaired) electrons. The lowest BCUT2D eigenvalue weighted by molar-refractivity contribution is -0.173. The number of rotatable bonds is 6. The summed E-state index contributed by atoms with van der Waals surface area (Å²) >= 11 is 6.18. The molecule has 1 atom stereocenters. The van der Waals surface area contributed by atoms with Gasteiger partial charge in [0.1, 0.15) is 0 Å². The third kappa shape index (κ3) is 4.33. The van der Waals surface area contributed by atoms with Crippen LogP contribution in [0.3, 0.4) is 0 Å². The summed E-state index contributed by atoms with van der Waals surface area (Å²) in [6.45, 7) is 3.57. The van der Waals surface area contributed by atoms with Crippen LogP contribution >= 0.6 is 11.6 Å². The highest BCUT2D eigenvalue weighted by atomic mass is 35.5. The predicted octanol–water partition coefficient (Wildman–Crippen LogP) is 4.12. The molecule has 1 unspecified atom stereocenters. The van der Waals surface area contributed by atoms with E-state index in [1.54, 1.807) is 44.2 Å². The average molecular weight is 430 g/mol. The van der Waals surface area contributed by atoms with Crippen LogP contribution in [0.15, 0.2) is 48.5 Å². The molecule has 2 aromatic carbocycles. The second-order valence-electron chi connectivity index (χ2n) is 7.15. The smallest absolute Gasteiger partial charge is 0.323 e. The van der Waals surface area contributed by atoms with E-state index in [-0.39, 0.29) is 32.0 Å². The molecule has 1 amide bonds. The van der Waals surface area contributed by atoms with Crippen molar-refractivity contribution in [1.82, 2.24) is 0 Å². The van der Waals surface area contributed by atoms with E-state index in [2.05, 4.69) is 5.32 Å². The number of amides is 1. The number of halogens is 1. The Balaban J connectivity index is 2.06. The van der Waals surface area contributed by atoms with E-state index < -0.39 is 23.3 Å². The minimum absolute atomic E-state index is 0.0437. The summed E-state index contributed by atoms with van der Waals surface area (Å²) in [5, 5.41) is 3.33. The SMILES string of the molecule is CCOC(=O)C1(C(=O)OCC)Cc2cc(Cl)ccc2C(C(=O)Nc2ccccc2)C1. The van der Waals surface area contributed by atoms with Crippen molar-refractivity contribution < 1.29 is 23.9 Å². The maximum absolute atomic E-state index is 13.2. The Kier molecular flexibility index (Phi) is 6.77. The molecule has 1 N–H and O–H groups in total. The van der Waals surface area contributed by atoms with Gasteiger partial charge in [0.2, 0.25) is 5.91 Å². The van der Waals surface area contributed by atoms with E-state index in [1.807, 2.05) is 18.2 Å². The molecule has 6 nitrogen and oxygen atoms in total. The number of anilines is 1. The molecular weight excluding hydrogens is 406 g/mol. The maximum atomic E-state index is 13.2. The van der Waals surface area contributed by atoms with Gasteiger partial charge in [-0.15, -0.1) is 0 Å². The van der Waals surface area contributed by atoms with Gasteiger partial charge in [0.25, 0.3) is 0 Å². The van der Waals surface area contributed by atoms with Crippen LogP contribution in [0.5, 0.6) is 0 Å². The zero-order chi connectivity index (χ0) is 21.7. The van der Waals surface area contributed by atoms with Gasteiger partial charge >= 0.3 is 11.9 Å². The molecule has 0 spiro atoms. The maximum Gasteiger partial charge on any atom is 0.323 e. The molecule has 3 rings (SSSR count). The molecule has 1 aliphatic carbocycles. The first kappa shape index (κ1) is 21.8. The van der Waals surface area contributed by atoms with E-state index in [0.29, 0.717) is 16.3 Å². The van der Waals surface area contributed by atoms with Crippen LogP contribution in [0.2, 0.25) is 5.02 Å². The zero-order valence-corrected chi connectivity index (χ0v) is 17.7. The Hall–Kier alpha value is -2.86. The number of carbonyl (C=O) groups is 3. The second-order valence-corrected chi connectivity index (χ2v) is 7.59. The van der Waals surface area contributed by atoms with Crippen molar-refractivity contribution in [2.24, 2.45) is 5.41 Å². The van der Waals surface area contributed by atoms with Crippen LogP contribution < -0.4 is 5.32 Å². The summed E-state index contributed by atoms with van der Waals surface area (Å²) in [4.78, 5) is 39.2. The highest BCUT2D eigenvalue weighted by molar-refractivity contribution is 6.30. The van der Waals surface area contributed by atoms with Crippen LogP contribution in [-0.2, 0) is 30.3 Å². The van der Waals surface area contributed by atoms with Crippen molar-refractivity contribution in [3.8, 4) is 0 Å². The van der Waals surface area contributed by atoms with E-state index in [4.69, 9.17) is 21.1 Å². The highest BCUT2D eigenvalue weighted by Crippen LogP contribution is 2.45. The Morgan fingerprint density at radius 2 is 1.67 bits per heavy atom. The van der Waals surface area contributed by atoms with Crippen molar-refractivity contribution in [1.29, 1.82) is 0 Å². The fraction of sp³-hybridized carbons (Fsp3) is 0.348. The minimum atomic E-state index is -1.61. The van der Waals surface area contributed by atoms with Crippen molar-refractivity contribution >= 4 is 35.1 Å². The summed E-state index contributed by atoms with van der Waals surface area (Å²) in [7, 11) is 0. The third-order valence-electron chi connectivity index (χ3n) is 5.22. The number of benzene rings is 2. The molecule has 7 heteroatoms.